The van der Waals surface area contributed by atoms with Gasteiger partial charge in [-0.1, -0.05) is 6.92 Å². The van der Waals surface area contributed by atoms with Crippen molar-refractivity contribution in [2.75, 3.05) is 7.11 Å². The highest BCUT2D eigenvalue weighted by atomic mass is 16.5. The monoisotopic (exact) mass is 395 g/mol. The van der Waals surface area contributed by atoms with Gasteiger partial charge in [0.25, 0.3) is 0 Å². The SMILES string of the molecule is COCc1cc2nc(-c3cc(C4CCC(=O)C4C)nn3C(C)(C)C)[nH]c2c(C)n1. The number of aryl methyl sites for hydroxylation is 1. The van der Waals surface area contributed by atoms with Crippen molar-refractivity contribution >= 4 is 16.8 Å². The van der Waals surface area contributed by atoms with E-state index in [-0.39, 0.29) is 17.4 Å². The van der Waals surface area contributed by atoms with E-state index >= 15 is 0 Å². The molecule has 3 aromatic rings. The van der Waals surface area contributed by atoms with Gasteiger partial charge in [-0.15, -0.1) is 0 Å². The van der Waals surface area contributed by atoms with Crippen LogP contribution in [0.4, 0.5) is 0 Å². The normalized spacial score (nSPS) is 20.1. The summed E-state index contributed by atoms with van der Waals surface area (Å²) in [5.41, 5.74) is 5.24. The summed E-state index contributed by atoms with van der Waals surface area (Å²) in [6, 6.07) is 4.06. The van der Waals surface area contributed by atoms with Gasteiger partial charge in [0.05, 0.1) is 40.3 Å². The second kappa shape index (κ2) is 7.06. The van der Waals surface area contributed by atoms with E-state index in [4.69, 9.17) is 14.8 Å². The molecule has 0 saturated heterocycles. The standard InChI is InChI=1S/C22H29N5O2/c1-12-15(7-8-19(12)28)16-10-18(27(26-16)22(3,4)5)21-24-17-9-14(11-29-6)23-13(2)20(17)25-21/h9-10,12,15H,7-8,11H2,1-6H3,(H,24,25). The van der Waals surface area contributed by atoms with Crippen LogP contribution in [0.2, 0.25) is 0 Å². The van der Waals surface area contributed by atoms with Gasteiger partial charge in [0.1, 0.15) is 11.5 Å². The fourth-order valence-corrected chi connectivity index (χ4v) is 4.24. The summed E-state index contributed by atoms with van der Waals surface area (Å²) >= 11 is 0. The number of nitrogens with zero attached hydrogens (tertiary/aromatic N) is 4. The molecule has 4 rings (SSSR count). The van der Waals surface area contributed by atoms with Crippen molar-refractivity contribution in [1.82, 2.24) is 24.7 Å². The fraction of sp³-hybridized carbons (Fsp3) is 0.545. The Labute approximate surface area is 170 Å². The lowest BCUT2D eigenvalue weighted by molar-refractivity contribution is -0.120. The lowest BCUT2D eigenvalue weighted by Gasteiger charge is -2.22. The maximum absolute atomic E-state index is 12.1. The third-order valence-electron chi connectivity index (χ3n) is 5.80. The van der Waals surface area contributed by atoms with Crippen molar-refractivity contribution in [2.24, 2.45) is 5.92 Å². The summed E-state index contributed by atoms with van der Waals surface area (Å²) in [6.45, 7) is 10.8. The largest absolute Gasteiger partial charge is 0.378 e. The number of ketones is 1. The van der Waals surface area contributed by atoms with Crippen molar-refractivity contribution in [1.29, 1.82) is 0 Å². The second-order valence-corrected chi connectivity index (χ2v) is 9.05. The molecule has 0 spiro atoms. The highest BCUT2D eigenvalue weighted by Gasteiger charge is 2.35. The van der Waals surface area contributed by atoms with Gasteiger partial charge in [-0.25, -0.2) is 4.98 Å². The van der Waals surface area contributed by atoms with Gasteiger partial charge in [0, 0.05) is 25.4 Å². The number of aromatic amines is 1. The summed E-state index contributed by atoms with van der Waals surface area (Å²) in [5.74, 6) is 1.29. The third kappa shape index (κ3) is 3.48. The maximum atomic E-state index is 12.1. The molecule has 1 N–H and O–H groups in total. The summed E-state index contributed by atoms with van der Waals surface area (Å²) < 4.78 is 7.25. The molecule has 0 aliphatic heterocycles. The minimum Gasteiger partial charge on any atom is -0.378 e. The number of carbonyl (C=O) groups is 1. The number of pyridine rings is 1. The molecule has 0 amide bonds. The number of fused-ring (bicyclic) bond motifs is 1. The van der Waals surface area contributed by atoms with Gasteiger partial charge >= 0.3 is 0 Å². The molecule has 1 fully saturated rings. The maximum Gasteiger partial charge on any atom is 0.156 e. The first-order chi connectivity index (χ1) is 13.7. The Kier molecular flexibility index (Phi) is 4.81. The van der Waals surface area contributed by atoms with Gasteiger partial charge in [-0.3, -0.25) is 14.5 Å². The first-order valence-corrected chi connectivity index (χ1v) is 10.2. The smallest absolute Gasteiger partial charge is 0.156 e. The minimum absolute atomic E-state index is 0.0184. The summed E-state index contributed by atoms with van der Waals surface area (Å²) in [5, 5.41) is 4.93. The Morgan fingerprint density at radius 2 is 2.03 bits per heavy atom. The van der Waals surface area contributed by atoms with Crippen LogP contribution in [-0.2, 0) is 21.7 Å². The average Bonchev–Trinajstić information content (AvgIpc) is 3.32. The fourth-order valence-electron chi connectivity index (χ4n) is 4.24. The van der Waals surface area contributed by atoms with Crippen LogP contribution in [-0.4, -0.2) is 37.6 Å². The molecule has 3 heterocycles. The second-order valence-electron chi connectivity index (χ2n) is 9.05. The topological polar surface area (TPSA) is 85.7 Å². The summed E-state index contributed by atoms with van der Waals surface area (Å²) in [6.07, 6.45) is 1.51. The molecule has 1 saturated carbocycles. The van der Waals surface area contributed by atoms with Crippen molar-refractivity contribution in [2.45, 2.75) is 65.5 Å². The van der Waals surface area contributed by atoms with Crippen LogP contribution in [0.15, 0.2) is 12.1 Å². The van der Waals surface area contributed by atoms with Crippen molar-refractivity contribution in [3.8, 4) is 11.5 Å². The number of Topliss-reactive ketones (excluding diaryl/α,β-unsaturated/α-hetero) is 1. The predicted molar refractivity (Wildman–Crippen MR) is 112 cm³/mol. The van der Waals surface area contributed by atoms with Crippen LogP contribution in [0.5, 0.6) is 0 Å². The molecule has 2 unspecified atom stereocenters. The van der Waals surface area contributed by atoms with Gasteiger partial charge in [0.2, 0.25) is 0 Å². The molecule has 1 aliphatic carbocycles. The zero-order chi connectivity index (χ0) is 20.9. The first-order valence-electron chi connectivity index (χ1n) is 10.2. The van der Waals surface area contributed by atoms with Crippen LogP contribution >= 0.6 is 0 Å². The molecular weight excluding hydrogens is 366 g/mol. The van der Waals surface area contributed by atoms with Gasteiger partial charge < -0.3 is 9.72 Å². The molecule has 0 aromatic carbocycles. The van der Waals surface area contributed by atoms with Crippen LogP contribution in [0.1, 0.15) is 63.5 Å². The van der Waals surface area contributed by atoms with Crippen LogP contribution in [0.3, 0.4) is 0 Å². The predicted octanol–water partition coefficient (Wildman–Crippen LogP) is 4.11. The van der Waals surface area contributed by atoms with E-state index in [9.17, 15) is 4.79 Å². The highest BCUT2D eigenvalue weighted by molar-refractivity contribution is 5.84. The number of aromatic nitrogens is 5. The molecule has 3 aromatic heterocycles. The highest BCUT2D eigenvalue weighted by Crippen LogP contribution is 2.39. The van der Waals surface area contributed by atoms with E-state index in [0.717, 1.165) is 46.1 Å². The van der Waals surface area contributed by atoms with Crippen molar-refractivity contribution in [3.05, 3.63) is 29.2 Å². The molecule has 29 heavy (non-hydrogen) atoms. The number of rotatable bonds is 4. The Hall–Kier alpha value is -2.54. The van der Waals surface area contributed by atoms with Crippen molar-refractivity contribution in [3.63, 3.8) is 0 Å². The molecule has 2 atom stereocenters. The Bertz CT molecular complexity index is 1070. The Morgan fingerprint density at radius 1 is 1.28 bits per heavy atom. The number of H-pyrrole nitrogens is 1. The zero-order valence-electron chi connectivity index (χ0n) is 18.0. The minimum atomic E-state index is -0.215. The van der Waals surface area contributed by atoms with E-state index in [0.29, 0.717) is 18.8 Å². The van der Waals surface area contributed by atoms with E-state index in [1.165, 1.54) is 0 Å². The number of carbonyl (C=O) groups excluding carboxylic acids is 1. The first kappa shape index (κ1) is 19.8. The number of hydrogen-bond acceptors (Lipinski definition) is 5. The lowest BCUT2D eigenvalue weighted by Crippen LogP contribution is -2.24. The van der Waals surface area contributed by atoms with Crippen molar-refractivity contribution < 1.29 is 9.53 Å². The Balaban J connectivity index is 1.83. The number of nitrogens with one attached hydrogen (secondary N) is 1. The quantitative estimate of drug-likeness (QED) is 0.718. The van der Waals surface area contributed by atoms with Crippen LogP contribution in [0, 0.1) is 12.8 Å². The molecule has 7 nitrogen and oxygen atoms in total. The third-order valence-corrected chi connectivity index (χ3v) is 5.80. The van der Waals surface area contributed by atoms with Crippen LogP contribution in [0.25, 0.3) is 22.6 Å². The van der Waals surface area contributed by atoms with E-state index in [1.807, 2.05) is 24.6 Å². The van der Waals surface area contributed by atoms with E-state index in [2.05, 4.69) is 36.8 Å². The number of imidazole rings is 1. The lowest BCUT2D eigenvalue weighted by atomic mass is 9.94. The van der Waals surface area contributed by atoms with E-state index < -0.39 is 0 Å². The van der Waals surface area contributed by atoms with Gasteiger partial charge in [-0.05, 0) is 46.2 Å². The molecule has 7 heteroatoms. The molecule has 1 aliphatic rings. The molecular formula is C22H29N5O2. The molecule has 154 valence electrons. The molecule has 0 bridgehead atoms. The van der Waals surface area contributed by atoms with Gasteiger partial charge in [0.15, 0.2) is 5.82 Å². The Morgan fingerprint density at radius 3 is 2.66 bits per heavy atom. The molecule has 0 radical (unpaired) electrons. The van der Waals surface area contributed by atoms with Crippen LogP contribution < -0.4 is 0 Å². The zero-order valence-corrected chi connectivity index (χ0v) is 18.0. The number of methoxy groups -OCH3 is 1. The summed E-state index contributed by atoms with van der Waals surface area (Å²) in [7, 11) is 1.66. The van der Waals surface area contributed by atoms with Gasteiger partial charge in [-0.2, -0.15) is 5.10 Å². The summed E-state index contributed by atoms with van der Waals surface area (Å²) in [4.78, 5) is 25.0. The number of hydrogen-bond donors (Lipinski definition) is 1. The van der Waals surface area contributed by atoms with E-state index in [1.54, 1.807) is 7.11 Å². The number of ether oxygens (including phenoxy) is 1. The average molecular weight is 396 g/mol.